The van der Waals surface area contributed by atoms with Crippen LogP contribution in [-0.4, -0.2) is 236 Å². The molecule has 5 fully saturated rings. The summed E-state index contributed by atoms with van der Waals surface area (Å²) in [5, 5.41) is 80.6. The van der Waals surface area contributed by atoms with Crippen molar-refractivity contribution in [2.24, 2.45) is 40.7 Å². The summed E-state index contributed by atoms with van der Waals surface area (Å²) in [5.74, 6) is -10.9. The number of hydrogen-bond donors (Lipinski definition) is 18. The highest BCUT2D eigenvalue weighted by molar-refractivity contribution is 7.98. The van der Waals surface area contributed by atoms with Crippen LogP contribution in [0.3, 0.4) is 0 Å². The number of fused-ring (bicyclic) bond motifs is 4. The van der Waals surface area contributed by atoms with Crippen LogP contribution in [0.15, 0.2) is 24.3 Å². The first-order valence-electron chi connectivity index (χ1n) is 39.7. The Bertz CT molecular complexity index is 3410. The first-order valence-corrected chi connectivity index (χ1v) is 42.0. The monoisotopic (exact) mass is 1600 g/mol. The van der Waals surface area contributed by atoms with Gasteiger partial charge < -0.3 is 100 Å². The number of thioether (sulfide) groups is 2. The maximum Gasteiger partial charge on any atom is 0.246 e. The number of hydrogen-bond acceptors (Lipinski definition) is 21. The topological polar surface area (TPSA) is 488 Å². The number of nitrogens with two attached hydrogens (primary N) is 1. The van der Waals surface area contributed by atoms with Crippen molar-refractivity contribution in [1.29, 1.82) is 0 Å². The summed E-state index contributed by atoms with van der Waals surface area (Å²) in [6.45, 7) is 18.1. The molecule has 3 unspecified atom stereocenters. The highest BCUT2D eigenvalue weighted by Crippen LogP contribution is 2.34. The van der Waals surface area contributed by atoms with Crippen molar-refractivity contribution < 1.29 is 82.8 Å². The Morgan fingerprint density at radius 3 is 1.75 bits per heavy atom. The third-order valence-corrected chi connectivity index (χ3v) is 24.9. The summed E-state index contributed by atoms with van der Waals surface area (Å²) >= 11 is 2.58. The molecule has 3 saturated heterocycles. The van der Waals surface area contributed by atoms with Crippen LogP contribution in [-0.2, 0) is 73.8 Å². The number of aliphatic hydroxyl groups excluding tert-OH is 4. The molecule has 622 valence electrons. The third-order valence-electron chi connectivity index (χ3n) is 22.7. The van der Waals surface area contributed by atoms with Gasteiger partial charge >= 0.3 is 0 Å². The number of piperidine rings is 1. The van der Waals surface area contributed by atoms with Crippen LogP contribution in [0.5, 0.6) is 0 Å². The summed E-state index contributed by atoms with van der Waals surface area (Å²) < 4.78 is 0. The van der Waals surface area contributed by atoms with Gasteiger partial charge in [0.2, 0.25) is 76.8 Å². The molecule has 1 aromatic rings. The van der Waals surface area contributed by atoms with Crippen LogP contribution >= 0.6 is 23.5 Å². The lowest BCUT2D eigenvalue weighted by Gasteiger charge is -2.37. The number of nitrogens with one attached hydrogen (secondary N) is 13. The van der Waals surface area contributed by atoms with Crippen molar-refractivity contribution in [3.8, 4) is 0 Å². The van der Waals surface area contributed by atoms with Crippen LogP contribution in [0.1, 0.15) is 196 Å². The van der Waals surface area contributed by atoms with E-state index in [0.29, 0.717) is 82.3 Å². The minimum atomic E-state index is -1.84. The van der Waals surface area contributed by atoms with Gasteiger partial charge in [0, 0.05) is 36.5 Å². The molecule has 0 radical (unpaired) electrons. The summed E-state index contributed by atoms with van der Waals surface area (Å²) in [7, 11) is 0. The maximum absolute atomic E-state index is 15.3. The Morgan fingerprint density at radius 2 is 1.17 bits per heavy atom. The van der Waals surface area contributed by atoms with E-state index in [1.807, 2.05) is 24.3 Å². The van der Waals surface area contributed by atoms with Crippen molar-refractivity contribution in [2.75, 3.05) is 31.1 Å². The number of benzene rings is 1. The van der Waals surface area contributed by atoms with E-state index in [1.54, 1.807) is 41.5 Å². The number of carbonyl (C=O) groups excluding carboxylic acids is 13. The summed E-state index contributed by atoms with van der Waals surface area (Å²) in [5.41, 5.74) is 4.64. The van der Waals surface area contributed by atoms with E-state index in [4.69, 9.17) is 5.73 Å². The minimum Gasteiger partial charge on any atom is -0.393 e. The number of carbonyl (C=O) groups is 13. The number of aliphatic hydroxyl groups is 4. The third kappa shape index (κ3) is 26.4. The summed E-state index contributed by atoms with van der Waals surface area (Å²) in [4.78, 5) is 189. The molecule has 111 heavy (non-hydrogen) atoms. The molecule has 6 aliphatic rings. The maximum atomic E-state index is 15.3. The Kier molecular flexibility index (Phi) is 34.6. The Hall–Kier alpha value is -7.21. The highest BCUT2D eigenvalue weighted by atomic mass is 32.2. The number of rotatable bonds is 13. The largest absolute Gasteiger partial charge is 0.393 e. The zero-order valence-electron chi connectivity index (χ0n) is 66.3. The average Bonchev–Trinajstić information content (AvgIpc) is 1.62. The van der Waals surface area contributed by atoms with Crippen LogP contribution in [0.4, 0.5) is 0 Å². The molecule has 7 rings (SSSR count). The van der Waals surface area contributed by atoms with Gasteiger partial charge in [-0.3, -0.25) is 62.3 Å². The highest BCUT2D eigenvalue weighted by Gasteiger charge is 2.47. The molecule has 1 aromatic carbocycles. The van der Waals surface area contributed by atoms with Gasteiger partial charge in [0.05, 0.1) is 30.6 Å². The Morgan fingerprint density at radius 1 is 0.622 bits per heavy atom. The summed E-state index contributed by atoms with van der Waals surface area (Å²) in [6.07, 6.45) is 2.12. The fourth-order valence-electron chi connectivity index (χ4n) is 15.6. The van der Waals surface area contributed by atoms with Gasteiger partial charge in [0.25, 0.3) is 0 Å². The smallest absolute Gasteiger partial charge is 0.246 e. The molecule has 0 spiro atoms. The van der Waals surface area contributed by atoms with Gasteiger partial charge in [-0.15, -0.1) is 0 Å². The molecule has 17 atom stereocenters. The zero-order valence-corrected chi connectivity index (χ0v) is 68.0. The zero-order chi connectivity index (χ0) is 81.8. The normalized spacial score (nSPS) is 33.4. The lowest BCUT2D eigenvalue weighted by Crippen LogP contribution is -2.67. The molecule has 13 amide bonds. The second-order valence-corrected chi connectivity index (χ2v) is 35.1. The quantitative estimate of drug-likeness (QED) is 0.118. The molecule has 2 bridgehead atoms. The van der Waals surface area contributed by atoms with Gasteiger partial charge in [-0.25, -0.2) is 0 Å². The average molecular weight is 1600 g/mol. The molecule has 2 aliphatic carbocycles. The fourth-order valence-corrected chi connectivity index (χ4v) is 17.7. The predicted molar refractivity (Wildman–Crippen MR) is 418 cm³/mol. The standard InChI is InChI=1S/C77H125N15O17S2/c1-12-16-53-66(100)81-41(4)65(99)84-54(32-45-21-25-50(96)26-22-45)69(103)91-77(11,40(2)3)75(109)89-61(43(6)94)72(106)87-57(63(78)98)38-110-36-47-17-13-18-48(31-47)37-111-39-58(82-44(7)95)68(102)90-62(76(8,9)10)73(107)86-56(33-46-23-27-51(97)28-24-46)74(108)92-30-15-20-59(92)70(104)88-60(42(5)93)71(105)85-55(67(101)83-53)34-49-35-80-64-52(49)19-14-29-79-64/h13,17-18,31,40-43,45-46,49-62,64,79-80,93-94,96-97H,12,14-16,19-30,32-39H2,1-11H3,(H2,78,98)(H,81,100)(H,82,95)(H,83,101)(H,84,99)(H,85,105)(H,86,107)(H,87,106)(H,88,104)(H,89,109)(H,90,102)(H,91,103)/t41-,42+,43+,45?,46?,49?,50?,51?,52?,53-,54-,55-,56-,57-,58-,59-,60-,61-,62+,64?,77-/m0/s1. The molecule has 4 heterocycles. The predicted octanol–water partition coefficient (Wildman–Crippen LogP) is -0.513. The second kappa shape index (κ2) is 42.2. The van der Waals surface area contributed by atoms with E-state index in [1.165, 1.54) is 63.0 Å². The van der Waals surface area contributed by atoms with Crippen molar-refractivity contribution >= 4 is 100 Å². The van der Waals surface area contributed by atoms with Gasteiger partial charge in [-0.1, -0.05) is 72.2 Å². The van der Waals surface area contributed by atoms with E-state index >= 15 is 9.59 Å². The van der Waals surface area contributed by atoms with Gasteiger partial charge in [0.1, 0.15) is 72.0 Å². The number of primary amides is 1. The molecule has 19 N–H and O–H groups in total. The van der Waals surface area contributed by atoms with E-state index in [2.05, 4.69) is 69.1 Å². The van der Waals surface area contributed by atoms with Crippen LogP contribution in [0, 0.1) is 35.0 Å². The van der Waals surface area contributed by atoms with E-state index in [9.17, 15) is 73.2 Å². The van der Waals surface area contributed by atoms with Gasteiger partial charge in [-0.2, -0.15) is 23.5 Å². The van der Waals surface area contributed by atoms with Gasteiger partial charge in [-0.05, 0) is 190 Å². The van der Waals surface area contributed by atoms with Crippen LogP contribution < -0.4 is 74.9 Å². The Balaban J connectivity index is 1.21. The lowest BCUT2D eigenvalue weighted by atomic mass is 9.82. The molecule has 0 aromatic heterocycles. The molecule has 32 nitrogen and oxygen atoms in total. The SMILES string of the molecule is CCC[C@@H]1NC(=O)[C@H](CC2CNC3NCCCC23)NC(=O)[C@H]([C@@H](C)O)NC(=O)[C@@H]2CCCN2C(=O)[C@H](CC2CCC(O)CC2)NC(=O)[C@H](C(C)(C)C)NC(=O)[C@@H](NC(C)=O)CSCc2cccc(c2)CSC[C@@H](C(N)=O)NC(=O)[C@H]([C@@H](C)O)NC(=O)[C@](C)(C(C)C)NC(=O)[C@H](CC2CCC(O)CC2)NC(=O)[C@H](C)NC1=O. The molecular weight excluding hydrogens is 1470 g/mol. The first kappa shape index (κ1) is 91.0. The molecule has 4 aliphatic heterocycles. The van der Waals surface area contributed by atoms with Crippen molar-refractivity contribution in [2.45, 2.75) is 299 Å². The van der Waals surface area contributed by atoms with E-state index in [-0.39, 0.29) is 80.0 Å². The fraction of sp³-hybridized carbons (Fsp3) is 0.753. The first-order chi connectivity index (χ1) is 52.4. The number of amides is 13. The number of nitrogens with zero attached hydrogens (tertiary/aromatic N) is 1. The second-order valence-electron chi connectivity index (χ2n) is 33.1. The van der Waals surface area contributed by atoms with Crippen LogP contribution in [0.2, 0.25) is 0 Å². The van der Waals surface area contributed by atoms with Crippen molar-refractivity contribution in [3.05, 3.63) is 35.4 Å². The van der Waals surface area contributed by atoms with Gasteiger partial charge in [0.15, 0.2) is 0 Å². The minimum absolute atomic E-state index is 0.0269. The molecule has 2 saturated carbocycles. The van der Waals surface area contributed by atoms with Crippen molar-refractivity contribution in [1.82, 2.24) is 74.0 Å². The summed E-state index contributed by atoms with van der Waals surface area (Å²) in [6, 6.07) is -7.57. The Labute approximate surface area is 660 Å². The van der Waals surface area contributed by atoms with E-state index < -0.39 is 185 Å². The van der Waals surface area contributed by atoms with E-state index in [0.717, 1.165) is 30.5 Å². The molecular formula is C77H125N15O17S2. The van der Waals surface area contributed by atoms with Crippen LogP contribution in [0.25, 0.3) is 0 Å². The lowest BCUT2D eigenvalue weighted by molar-refractivity contribution is -0.144. The van der Waals surface area contributed by atoms with Crippen molar-refractivity contribution in [3.63, 3.8) is 0 Å². The molecule has 34 heteroatoms.